The molecule has 34 heavy (non-hydrogen) atoms. The molecule has 4 fully saturated rings. The Kier molecular flexibility index (Phi) is 7.27. The predicted molar refractivity (Wildman–Crippen MR) is 133 cm³/mol. The second-order valence-corrected chi connectivity index (χ2v) is 12.5. The Morgan fingerprint density at radius 3 is 2.56 bits per heavy atom. The highest BCUT2D eigenvalue weighted by Gasteiger charge is 2.63. The Balaban J connectivity index is 1.56. The molecule has 0 heterocycles. The van der Waals surface area contributed by atoms with Gasteiger partial charge < -0.3 is 9.84 Å². The van der Waals surface area contributed by atoms with E-state index >= 15 is 0 Å². The van der Waals surface area contributed by atoms with Crippen LogP contribution in [0.2, 0.25) is 0 Å². The maximum absolute atomic E-state index is 13.4. The van der Waals surface area contributed by atoms with Crippen LogP contribution < -0.4 is 0 Å². The minimum Gasteiger partial charge on any atom is -0.390 e. The Hall–Kier alpha value is -1.34. The molecule has 192 valence electrons. The average Bonchev–Trinajstić information content (AvgIpc) is 3.14. The van der Waals surface area contributed by atoms with Crippen molar-refractivity contribution in [3.05, 3.63) is 0 Å². The van der Waals surface area contributed by atoms with E-state index in [1.54, 1.807) is 7.05 Å². The SMILES string of the molecule is C=NN(CC(=O)[C@H]1CC[C@H]2[C@@H]3CC[C@@H]4C[C@](C)(O)CC[C@]4(COC(C)C)[C@H]3CC[C@]12C)/N=N\C. The van der Waals surface area contributed by atoms with Crippen LogP contribution in [0.25, 0.3) is 0 Å². The smallest absolute Gasteiger partial charge is 0.159 e. The third-order valence-corrected chi connectivity index (χ3v) is 10.4. The highest BCUT2D eigenvalue weighted by Crippen LogP contribution is 2.68. The molecule has 7 heteroatoms. The number of carbonyl (C=O) groups is 1. The number of aliphatic hydroxyl groups is 1. The Morgan fingerprint density at radius 1 is 1.12 bits per heavy atom. The fourth-order valence-corrected chi connectivity index (χ4v) is 8.83. The van der Waals surface area contributed by atoms with Gasteiger partial charge in [0.05, 0.1) is 25.4 Å². The maximum Gasteiger partial charge on any atom is 0.159 e. The monoisotopic (exact) mass is 474 g/mol. The normalized spacial score (nSPS) is 43.9. The van der Waals surface area contributed by atoms with Crippen molar-refractivity contribution in [2.75, 3.05) is 20.2 Å². The van der Waals surface area contributed by atoms with Gasteiger partial charge in [-0.2, -0.15) is 15.3 Å². The molecule has 8 atom stereocenters. The molecule has 0 amide bonds. The molecule has 7 nitrogen and oxygen atoms in total. The van der Waals surface area contributed by atoms with Crippen molar-refractivity contribution in [1.82, 2.24) is 5.12 Å². The van der Waals surface area contributed by atoms with Gasteiger partial charge in [0.15, 0.2) is 5.78 Å². The van der Waals surface area contributed by atoms with Gasteiger partial charge in [0.1, 0.15) is 6.54 Å². The van der Waals surface area contributed by atoms with E-state index in [4.69, 9.17) is 4.74 Å². The number of hydrogen-bond donors (Lipinski definition) is 1. The van der Waals surface area contributed by atoms with Gasteiger partial charge in [0.2, 0.25) is 0 Å². The van der Waals surface area contributed by atoms with Crippen molar-refractivity contribution in [3.63, 3.8) is 0 Å². The molecular weight excluding hydrogens is 428 g/mol. The molecule has 4 saturated carbocycles. The predicted octanol–water partition coefficient (Wildman–Crippen LogP) is 5.29. The molecule has 4 aliphatic carbocycles. The van der Waals surface area contributed by atoms with Gasteiger partial charge in [-0.3, -0.25) is 4.79 Å². The van der Waals surface area contributed by atoms with Gasteiger partial charge in [-0.25, -0.2) is 0 Å². The van der Waals surface area contributed by atoms with Crippen molar-refractivity contribution in [3.8, 4) is 0 Å². The Bertz CT molecular complexity index is 795. The summed E-state index contributed by atoms with van der Waals surface area (Å²) in [5.74, 6) is 2.68. The zero-order valence-electron chi connectivity index (χ0n) is 22.0. The largest absolute Gasteiger partial charge is 0.390 e. The fourth-order valence-electron chi connectivity index (χ4n) is 8.83. The number of carbonyl (C=O) groups excluding carboxylic acids is 1. The van der Waals surface area contributed by atoms with E-state index in [1.807, 2.05) is 6.92 Å². The second kappa shape index (κ2) is 9.61. The highest BCUT2D eigenvalue weighted by atomic mass is 16.5. The van der Waals surface area contributed by atoms with Crippen molar-refractivity contribution in [2.24, 2.45) is 55.9 Å². The average molecular weight is 475 g/mol. The Labute approximate surface area is 205 Å². The second-order valence-electron chi connectivity index (χ2n) is 12.5. The number of rotatable bonds is 8. The van der Waals surface area contributed by atoms with Crippen LogP contribution in [0, 0.1) is 40.4 Å². The highest BCUT2D eigenvalue weighted by molar-refractivity contribution is 5.84. The zero-order chi connectivity index (χ0) is 24.7. The van der Waals surface area contributed by atoms with Crippen molar-refractivity contribution in [1.29, 1.82) is 0 Å². The van der Waals surface area contributed by atoms with Crippen LogP contribution in [-0.4, -0.2) is 54.6 Å². The van der Waals surface area contributed by atoms with Crippen LogP contribution in [-0.2, 0) is 9.53 Å². The first kappa shape index (κ1) is 25.7. The van der Waals surface area contributed by atoms with E-state index in [-0.39, 0.29) is 35.2 Å². The minimum atomic E-state index is -0.548. The fraction of sp³-hybridized carbons (Fsp3) is 0.926. The van der Waals surface area contributed by atoms with Gasteiger partial charge in [-0.1, -0.05) is 12.1 Å². The first-order valence-electron chi connectivity index (χ1n) is 13.5. The number of fused-ring (bicyclic) bond motifs is 5. The van der Waals surface area contributed by atoms with Gasteiger partial charge in [0, 0.05) is 12.6 Å². The van der Waals surface area contributed by atoms with Crippen molar-refractivity contribution >= 4 is 12.5 Å². The Morgan fingerprint density at radius 2 is 1.88 bits per heavy atom. The molecule has 0 radical (unpaired) electrons. The zero-order valence-corrected chi connectivity index (χ0v) is 22.0. The number of ether oxygens (including phenoxy) is 1. The molecular formula is C27H46N4O3. The lowest BCUT2D eigenvalue weighted by molar-refractivity contribution is -0.183. The van der Waals surface area contributed by atoms with Crippen LogP contribution in [0.5, 0.6) is 0 Å². The van der Waals surface area contributed by atoms with E-state index in [0.29, 0.717) is 23.7 Å². The summed E-state index contributed by atoms with van der Waals surface area (Å²) in [6, 6.07) is 0. The van der Waals surface area contributed by atoms with Crippen LogP contribution in [0.1, 0.15) is 85.5 Å². The van der Waals surface area contributed by atoms with Crippen LogP contribution in [0.4, 0.5) is 0 Å². The molecule has 0 unspecified atom stereocenters. The summed E-state index contributed by atoms with van der Waals surface area (Å²) >= 11 is 0. The summed E-state index contributed by atoms with van der Waals surface area (Å²) in [7, 11) is 1.58. The molecule has 0 bridgehead atoms. The molecule has 0 aromatic rings. The summed E-state index contributed by atoms with van der Waals surface area (Å²) < 4.78 is 6.36. The number of ketones is 1. The standard InChI is InChI=1S/C27H46N4O3/c1-18(2)34-17-27-14-13-25(3,33)15-19(27)7-8-20-21-9-10-23(26(21,4)12-11-22(20)27)24(32)16-31(29-6)30-28-5/h18-23,33H,6-17H2,1-5H3/b30-28-/t19-,20+,21+,22+,23-,25-,26+,27-/m1/s1. The van der Waals surface area contributed by atoms with E-state index < -0.39 is 5.60 Å². The van der Waals surface area contributed by atoms with E-state index in [2.05, 4.69) is 42.9 Å². The minimum absolute atomic E-state index is 0.0432. The maximum atomic E-state index is 13.4. The van der Waals surface area contributed by atoms with E-state index in [0.717, 1.165) is 45.1 Å². The van der Waals surface area contributed by atoms with E-state index in [9.17, 15) is 9.90 Å². The first-order chi connectivity index (χ1) is 16.1. The summed E-state index contributed by atoms with van der Waals surface area (Å²) in [6.07, 6.45) is 9.81. The van der Waals surface area contributed by atoms with Crippen molar-refractivity contribution < 1.29 is 14.6 Å². The molecule has 0 saturated heterocycles. The first-order valence-corrected chi connectivity index (χ1v) is 13.5. The molecule has 4 aliphatic rings. The molecule has 4 rings (SSSR count). The van der Waals surface area contributed by atoms with E-state index in [1.165, 1.54) is 24.4 Å². The van der Waals surface area contributed by atoms with Crippen LogP contribution >= 0.6 is 0 Å². The third kappa shape index (κ3) is 4.47. The third-order valence-electron chi connectivity index (χ3n) is 10.4. The number of hydrazone groups is 1. The summed E-state index contributed by atoms with van der Waals surface area (Å²) in [5, 5.41) is 23.8. The van der Waals surface area contributed by atoms with Crippen molar-refractivity contribution in [2.45, 2.75) is 97.2 Å². The van der Waals surface area contributed by atoms with Crippen LogP contribution in [0.15, 0.2) is 15.4 Å². The summed E-state index contributed by atoms with van der Waals surface area (Å²) in [4.78, 5) is 13.4. The number of hydrogen-bond acceptors (Lipinski definition) is 6. The van der Waals surface area contributed by atoms with Gasteiger partial charge in [-0.15, -0.1) is 0 Å². The van der Waals surface area contributed by atoms with Gasteiger partial charge in [-0.05, 0) is 113 Å². The van der Waals surface area contributed by atoms with Crippen LogP contribution in [0.3, 0.4) is 0 Å². The molecule has 0 aliphatic heterocycles. The number of nitrogens with zero attached hydrogens (tertiary/aromatic N) is 4. The molecule has 0 spiro atoms. The summed E-state index contributed by atoms with van der Waals surface area (Å²) in [5.41, 5.74) is -0.334. The lowest BCUT2D eigenvalue weighted by Gasteiger charge is -2.62. The lowest BCUT2D eigenvalue weighted by atomic mass is 9.43. The summed E-state index contributed by atoms with van der Waals surface area (Å²) in [6.45, 7) is 13.2. The number of Topliss-reactive ketones (excluding diaryl/α,β-unsaturated/α-hetero) is 1. The van der Waals surface area contributed by atoms with Gasteiger partial charge >= 0.3 is 0 Å². The quantitative estimate of drug-likeness (QED) is 0.294. The topological polar surface area (TPSA) is 86.9 Å². The van der Waals surface area contributed by atoms with Gasteiger partial charge in [0.25, 0.3) is 0 Å². The molecule has 0 aromatic heterocycles. The lowest BCUT2D eigenvalue weighted by Crippen LogP contribution is -2.58. The molecule has 1 N–H and O–H groups in total. The molecule has 0 aromatic carbocycles.